The number of thioether (sulfide) groups is 1. The summed E-state index contributed by atoms with van der Waals surface area (Å²) in [6, 6.07) is 15.8. The van der Waals surface area contributed by atoms with Crippen molar-refractivity contribution in [2.75, 3.05) is 13.2 Å². The van der Waals surface area contributed by atoms with Gasteiger partial charge in [0.1, 0.15) is 5.75 Å². The zero-order chi connectivity index (χ0) is 20.1. The van der Waals surface area contributed by atoms with Crippen LogP contribution in [0.1, 0.15) is 31.9 Å². The van der Waals surface area contributed by atoms with Gasteiger partial charge in [0.2, 0.25) is 0 Å². The smallest absolute Gasteiger partial charge is 0.266 e. The summed E-state index contributed by atoms with van der Waals surface area (Å²) in [4.78, 5) is 20.0. The second-order valence-corrected chi connectivity index (χ2v) is 8.14. The number of carbonyl (C=O) groups is 1. The fraction of sp³-hybridized carbons (Fsp3) is 0.304. The summed E-state index contributed by atoms with van der Waals surface area (Å²) in [5, 5.41) is 0.711. The van der Waals surface area contributed by atoms with E-state index in [-0.39, 0.29) is 5.91 Å². The highest BCUT2D eigenvalue weighted by Crippen LogP contribution is 2.35. The molecular weight excluding hydrogens is 368 g/mol. The second-order valence-electron chi connectivity index (χ2n) is 7.13. The van der Waals surface area contributed by atoms with Gasteiger partial charge in [0, 0.05) is 12.1 Å². The molecule has 0 spiro atoms. The van der Waals surface area contributed by atoms with E-state index in [9.17, 15) is 4.79 Å². The van der Waals surface area contributed by atoms with Crippen molar-refractivity contribution in [3.8, 4) is 5.75 Å². The summed E-state index contributed by atoms with van der Waals surface area (Å²) in [6.07, 6.45) is 1.91. The number of nitrogens with zero attached hydrogens (tertiary/aromatic N) is 2. The van der Waals surface area contributed by atoms with Gasteiger partial charge in [-0.05, 0) is 55.8 Å². The Bertz CT molecular complexity index is 901. The van der Waals surface area contributed by atoms with Crippen molar-refractivity contribution in [3.63, 3.8) is 0 Å². The standard InChI is InChI=1S/C23H26N2O2S/c1-5-25-22(26)21(28-23(25)24-19-12-10-17(4)11-13-19)14-18-8-6-7-9-20(18)27-15-16(2)3/h6-14,16H,5,15H2,1-4H3/b21-14+,24-23?. The van der Waals surface area contributed by atoms with E-state index < -0.39 is 0 Å². The van der Waals surface area contributed by atoms with E-state index in [1.165, 1.54) is 17.3 Å². The lowest BCUT2D eigenvalue weighted by Crippen LogP contribution is -2.28. The van der Waals surface area contributed by atoms with Crippen LogP contribution < -0.4 is 4.74 Å². The van der Waals surface area contributed by atoms with Crippen LogP contribution in [-0.4, -0.2) is 29.1 Å². The molecule has 1 amide bonds. The summed E-state index contributed by atoms with van der Waals surface area (Å²) < 4.78 is 5.92. The number of aliphatic imine (C=N–C) groups is 1. The fourth-order valence-electron chi connectivity index (χ4n) is 2.73. The van der Waals surface area contributed by atoms with E-state index in [1.54, 1.807) is 4.90 Å². The third-order valence-electron chi connectivity index (χ3n) is 4.24. The van der Waals surface area contributed by atoms with Gasteiger partial charge in [-0.25, -0.2) is 4.99 Å². The zero-order valence-electron chi connectivity index (χ0n) is 16.8. The van der Waals surface area contributed by atoms with Gasteiger partial charge in [-0.3, -0.25) is 9.69 Å². The molecule has 2 aromatic rings. The first-order valence-corrected chi connectivity index (χ1v) is 10.4. The molecular formula is C23H26N2O2S. The Morgan fingerprint density at radius 3 is 2.54 bits per heavy atom. The van der Waals surface area contributed by atoms with Crippen molar-refractivity contribution < 1.29 is 9.53 Å². The minimum Gasteiger partial charge on any atom is -0.493 e. The van der Waals surface area contributed by atoms with Crippen molar-refractivity contribution in [2.24, 2.45) is 10.9 Å². The molecule has 0 bridgehead atoms. The number of carbonyl (C=O) groups excluding carboxylic acids is 1. The number of aryl methyl sites for hydroxylation is 1. The van der Waals surface area contributed by atoms with Gasteiger partial charge in [0.05, 0.1) is 17.2 Å². The van der Waals surface area contributed by atoms with Crippen molar-refractivity contribution in [3.05, 3.63) is 64.6 Å². The van der Waals surface area contributed by atoms with Gasteiger partial charge in [0.15, 0.2) is 5.17 Å². The largest absolute Gasteiger partial charge is 0.493 e. The Labute approximate surface area is 171 Å². The molecule has 0 N–H and O–H groups in total. The number of likely N-dealkylation sites (N-methyl/N-ethyl adjacent to an activating group) is 1. The SMILES string of the molecule is CCN1C(=O)/C(=C\c2ccccc2OCC(C)C)SC1=Nc1ccc(C)cc1. The first-order chi connectivity index (χ1) is 13.5. The van der Waals surface area contributed by atoms with Crippen LogP contribution in [0.25, 0.3) is 6.08 Å². The van der Waals surface area contributed by atoms with Crippen molar-refractivity contribution in [2.45, 2.75) is 27.7 Å². The molecule has 3 rings (SSSR count). The van der Waals surface area contributed by atoms with Crippen LogP contribution in [0.4, 0.5) is 5.69 Å². The number of rotatable bonds is 6. The predicted molar refractivity (Wildman–Crippen MR) is 118 cm³/mol. The van der Waals surface area contributed by atoms with Crippen LogP contribution in [0.5, 0.6) is 5.75 Å². The first-order valence-electron chi connectivity index (χ1n) is 9.56. The van der Waals surface area contributed by atoms with Gasteiger partial charge in [-0.1, -0.05) is 49.7 Å². The van der Waals surface area contributed by atoms with E-state index in [2.05, 4.69) is 18.8 Å². The lowest BCUT2D eigenvalue weighted by atomic mass is 10.1. The maximum atomic E-state index is 12.9. The number of hydrogen-bond donors (Lipinski definition) is 0. The van der Waals surface area contributed by atoms with Gasteiger partial charge in [-0.2, -0.15) is 0 Å². The number of benzene rings is 2. The van der Waals surface area contributed by atoms with E-state index in [4.69, 9.17) is 4.74 Å². The molecule has 5 heteroatoms. The van der Waals surface area contributed by atoms with Crippen LogP contribution in [0.3, 0.4) is 0 Å². The highest BCUT2D eigenvalue weighted by atomic mass is 32.2. The third-order valence-corrected chi connectivity index (χ3v) is 5.25. The quantitative estimate of drug-likeness (QED) is 0.594. The van der Waals surface area contributed by atoms with Crippen molar-refractivity contribution in [1.82, 2.24) is 4.90 Å². The molecule has 28 heavy (non-hydrogen) atoms. The number of para-hydroxylation sites is 1. The molecule has 146 valence electrons. The van der Waals surface area contributed by atoms with Crippen LogP contribution in [0, 0.1) is 12.8 Å². The van der Waals surface area contributed by atoms with Crippen LogP contribution >= 0.6 is 11.8 Å². The van der Waals surface area contributed by atoms with E-state index in [1.807, 2.05) is 68.5 Å². The number of ether oxygens (including phenoxy) is 1. The van der Waals surface area contributed by atoms with Gasteiger partial charge >= 0.3 is 0 Å². The molecule has 0 saturated carbocycles. The monoisotopic (exact) mass is 394 g/mol. The average Bonchev–Trinajstić information content (AvgIpc) is 2.97. The second kappa shape index (κ2) is 9.11. The molecule has 0 unspecified atom stereocenters. The Kier molecular flexibility index (Phi) is 6.57. The van der Waals surface area contributed by atoms with Crippen LogP contribution in [-0.2, 0) is 4.79 Å². The topological polar surface area (TPSA) is 41.9 Å². The van der Waals surface area contributed by atoms with Crippen LogP contribution in [0.15, 0.2) is 58.4 Å². The summed E-state index contributed by atoms with van der Waals surface area (Å²) in [5.74, 6) is 1.22. The van der Waals surface area contributed by atoms with E-state index in [0.29, 0.717) is 29.1 Å². The molecule has 0 atom stereocenters. The van der Waals surface area contributed by atoms with Gasteiger partial charge < -0.3 is 4.74 Å². The Hall–Kier alpha value is -2.53. The van der Waals surface area contributed by atoms with Gasteiger partial charge in [-0.15, -0.1) is 0 Å². The first kappa shape index (κ1) is 20.2. The third kappa shape index (κ3) is 4.84. The fourth-order valence-corrected chi connectivity index (χ4v) is 3.78. The maximum Gasteiger partial charge on any atom is 0.266 e. The summed E-state index contributed by atoms with van der Waals surface area (Å²) >= 11 is 1.41. The molecule has 4 nitrogen and oxygen atoms in total. The number of hydrogen-bond acceptors (Lipinski definition) is 4. The average molecular weight is 395 g/mol. The summed E-state index contributed by atoms with van der Waals surface area (Å²) in [7, 11) is 0. The van der Waals surface area contributed by atoms with E-state index in [0.717, 1.165) is 17.0 Å². The summed E-state index contributed by atoms with van der Waals surface area (Å²) in [6.45, 7) is 9.46. The molecule has 1 aliphatic rings. The summed E-state index contributed by atoms with van der Waals surface area (Å²) in [5.41, 5.74) is 2.94. The molecule has 0 aliphatic carbocycles. The molecule has 2 aromatic carbocycles. The molecule has 0 radical (unpaired) electrons. The molecule has 0 aromatic heterocycles. The number of amidine groups is 1. The molecule has 1 saturated heterocycles. The molecule has 1 heterocycles. The Morgan fingerprint density at radius 1 is 1.14 bits per heavy atom. The van der Waals surface area contributed by atoms with Crippen molar-refractivity contribution >= 4 is 34.6 Å². The minimum absolute atomic E-state index is 0.0166. The highest BCUT2D eigenvalue weighted by Gasteiger charge is 2.32. The van der Waals surface area contributed by atoms with Gasteiger partial charge in [0.25, 0.3) is 5.91 Å². The molecule has 1 aliphatic heterocycles. The lowest BCUT2D eigenvalue weighted by Gasteiger charge is -2.12. The minimum atomic E-state index is -0.0166. The number of amides is 1. The maximum absolute atomic E-state index is 12.9. The highest BCUT2D eigenvalue weighted by molar-refractivity contribution is 8.18. The van der Waals surface area contributed by atoms with E-state index >= 15 is 0 Å². The normalized spacial score (nSPS) is 17.2. The molecule has 1 fully saturated rings. The predicted octanol–water partition coefficient (Wildman–Crippen LogP) is 5.65. The van der Waals surface area contributed by atoms with Crippen LogP contribution in [0.2, 0.25) is 0 Å². The Morgan fingerprint density at radius 2 is 1.86 bits per heavy atom. The zero-order valence-corrected chi connectivity index (χ0v) is 17.6. The van der Waals surface area contributed by atoms with Crippen molar-refractivity contribution in [1.29, 1.82) is 0 Å². The lowest BCUT2D eigenvalue weighted by molar-refractivity contribution is -0.122. The Balaban J connectivity index is 1.89.